The van der Waals surface area contributed by atoms with Gasteiger partial charge in [-0.15, -0.1) is 0 Å². The van der Waals surface area contributed by atoms with Crippen LogP contribution in [0.15, 0.2) is 24.3 Å². The predicted molar refractivity (Wildman–Crippen MR) is 80.9 cm³/mol. The summed E-state index contributed by atoms with van der Waals surface area (Å²) >= 11 is 5.89. The van der Waals surface area contributed by atoms with Gasteiger partial charge in [0.25, 0.3) is 0 Å². The lowest BCUT2D eigenvalue weighted by molar-refractivity contribution is -0.126. The molecular formula is C16H22ClNO2. The summed E-state index contributed by atoms with van der Waals surface area (Å²) in [6.07, 6.45) is 3.04. The molecule has 0 radical (unpaired) electrons. The Morgan fingerprint density at radius 3 is 2.30 bits per heavy atom. The van der Waals surface area contributed by atoms with Crippen LogP contribution in [-0.2, 0) is 10.2 Å². The number of aliphatic hydroxyl groups excluding tert-OH is 1. The first kappa shape index (κ1) is 15.3. The Morgan fingerprint density at radius 1 is 1.20 bits per heavy atom. The molecule has 4 heteroatoms. The van der Waals surface area contributed by atoms with E-state index in [1.54, 1.807) is 0 Å². The molecule has 3 nitrogen and oxygen atoms in total. The third-order valence-electron chi connectivity index (χ3n) is 4.17. The van der Waals surface area contributed by atoms with E-state index >= 15 is 0 Å². The van der Waals surface area contributed by atoms with Gasteiger partial charge in [-0.1, -0.05) is 23.7 Å². The highest BCUT2D eigenvalue weighted by molar-refractivity contribution is 6.30. The molecule has 0 saturated heterocycles. The zero-order valence-electron chi connectivity index (χ0n) is 12.0. The predicted octanol–water partition coefficient (Wildman–Crippen LogP) is 3.04. The largest absolute Gasteiger partial charge is 0.393 e. The van der Waals surface area contributed by atoms with Gasteiger partial charge in [-0.3, -0.25) is 4.79 Å². The maximum absolute atomic E-state index is 12.5. The van der Waals surface area contributed by atoms with E-state index in [0.717, 1.165) is 31.2 Å². The van der Waals surface area contributed by atoms with Crippen LogP contribution >= 0.6 is 11.6 Å². The molecule has 0 heterocycles. The van der Waals surface area contributed by atoms with Gasteiger partial charge in [0.15, 0.2) is 0 Å². The van der Waals surface area contributed by atoms with Gasteiger partial charge in [-0.2, -0.15) is 0 Å². The maximum Gasteiger partial charge on any atom is 0.230 e. The van der Waals surface area contributed by atoms with Gasteiger partial charge in [-0.05, 0) is 57.2 Å². The van der Waals surface area contributed by atoms with Gasteiger partial charge < -0.3 is 10.4 Å². The Kier molecular flexibility index (Phi) is 4.71. The standard InChI is InChI=1S/C16H22ClNO2/c1-16(2,11-3-5-12(17)6-4-11)15(20)18-13-7-9-14(19)10-8-13/h3-6,13-14,19H,7-10H2,1-2H3,(H,18,20). The third kappa shape index (κ3) is 3.53. The smallest absolute Gasteiger partial charge is 0.230 e. The minimum atomic E-state index is -0.583. The molecule has 0 aromatic heterocycles. The molecule has 0 aliphatic heterocycles. The topological polar surface area (TPSA) is 49.3 Å². The average Bonchev–Trinajstić information content (AvgIpc) is 2.42. The Bertz CT molecular complexity index is 462. The number of hydrogen-bond acceptors (Lipinski definition) is 2. The van der Waals surface area contributed by atoms with Crippen LogP contribution in [0.3, 0.4) is 0 Å². The van der Waals surface area contributed by atoms with Crippen molar-refractivity contribution in [2.45, 2.75) is 57.1 Å². The van der Waals surface area contributed by atoms with Crippen molar-refractivity contribution in [3.63, 3.8) is 0 Å². The summed E-state index contributed by atoms with van der Waals surface area (Å²) in [5, 5.41) is 13.3. The first-order valence-corrected chi connectivity index (χ1v) is 7.52. The molecule has 0 atom stereocenters. The van der Waals surface area contributed by atoms with Crippen molar-refractivity contribution in [3.05, 3.63) is 34.9 Å². The van der Waals surface area contributed by atoms with E-state index in [-0.39, 0.29) is 18.1 Å². The highest BCUT2D eigenvalue weighted by atomic mass is 35.5. The molecule has 1 aliphatic carbocycles. The van der Waals surface area contributed by atoms with Crippen molar-refractivity contribution in [1.82, 2.24) is 5.32 Å². The minimum absolute atomic E-state index is 0.0289. The minimum Gasteiger partial charge on any atom is -0.393 e. The van der Waals surface area contributed by atoms with Gasteiger partial charge in [0.1, 0.15) is 0 Å². The van der Waals surface area contributed by atoms with E-state index < -0.39 is 5.41 Å². The number of carbonyl (C=O) groups is 1. The number of amides is 1. The molecule has 1 saturated carbocycles. The molecule has 20 heavy (non-hydrogen) atoms. The second-order valence-corrected chi connectivity index (χ2v) is 6.55. The Balaban J connectivity index is 2.01. The number of hydrogen-bond donors (Lipinski definition) is 2. The van der Waals surface area contributed by atoms with Crippen LogP contribution in [0.2, 0.25) is 5.02 Å². The van der Waals surface area contributed by atoms with Crippen molar-refractivity contribution in [1.29, 1.82) is 0 Å². The molecule has 0 bridgehead atoms. The summed E-state index contributed by atoms with van der Waals surface area (Å²) in [5.41, 5.74) is 0.371. The highest BCUT2D eigenvalue weighted by Crippen LogP contribution is 2.26. The van der Waals surface area contributed by atoms with Crippen LogP contribution < -0.4 is 5.32 Å². The van der Waals surface area contributed by atoms with Crippen molar-refractivity contribution in [2.24, 2.45) is 0 Å². The van der Waals surface area contributed by atoms with Crippen LogP contribution in [0.25, 0.3) is 0 Å². The molecule has 110 valence electrons. The molecule has 0 spiro atoms. The van der Waals surface area contributed by atoms with E-state index in [9.17, 15) is 9.90 Å². The van der Waals surface area contributed by atoms with Crippen molar-refractivity contribution in [2.75, 3.05) is 0 Å². The fourth-order valence-corrected chi connectivity index (χ4v) is 2.71. The van der Waals surface area contributed by atoms with E-state index in [1.807, 2.05) is 38.1 Å². The summed E-state index contributed by atoms with van der Waals surface area (Å²) in [6.45, 7) is 3.84. The van der Waals surface area contributed by atoms with Crippen molar-refractivity contribution < 1.29 is 9.90 Å². The summed E-state index contributed by atoms with van der Waals surface area (Å²) in [6, 6.07) is 7.59. The van der Waals surface area contributed by atoms with E-state index in [0.29, 0.717) is 5.02 Å². The molecule has 1 aliphatic rings. The monoisotopic (exact) mass is 295 g/mol. The van der Waals surface area contributed by atoms with E-state index in [2.05, 4.69) is 5.32 Å². The molecule has 1 aromatic carbocycles. The normalized spacial score (nSPS) is 23.4. The molecular weight excluding hydrogens is 274 g/mol. The molecule has 2 rings (SSSR count). The third-order valence-corrected chi connectivity index (χ3v) is 4.42. The van der Waals surface area contributed by atoms with Gasteiger partial charge in [0.05, 0.1) is 11.5 Å². The lowest BCUT2D eigenvalue weighted by Crippen LogP contribution is -2.46. The number of carbonyl (C=O) groups excluding carboxylic acids is 1. The SMILES string of the molecule is CC(C)(C(=O)NC1CCC(O)CC1)c1ccc(Cl)cc1. The summed E-state index contributed by atoms with van der Waals surface area (Å²) in [4.78, 5) is 12.5. The first-order valence-electron chi connectivity index (χ1n) is 7.14. The molecule has 2 N–H and O–H groups in total. The maximum atomic E-state index is 12.5. The van der Waals surface area contributed by atoms with Crippen molar-refractivity contribution in [3.8, 4) is 0 Å². The van der Waals surface area contributed by atoms with Crippen LogP contribution in [0.1, 0.15) is 45.1 Å². The number of rotatable bonds is 3. The van der Waals surface area contributed by atoms with Gasteiger partial charge >= 0.3 is 0 Å². The lowest BCUT2D eigenvalue weighted by Gasteiger charge is -2.31. The second kappa shape index (κ2) is 6.15. The number of aliphatic hydroxyl groups is 1. The first-order chi connectivity index (χ1) is 9.39. The lowest BCUT2D eigenvalue weighted by atomic mass is 9.83. The van der Waals surface area contributed by atoms with E-state index in [1.165, 1.54) is 0 Å². The molecule has 0 unspecified atom stereocenters. The molecule has 1 aromatic rings. The van der Waals surface area contributed by atoms with Crippen LogP contribution in [0.4, 0.5) is 0 Å². The fourth-order valence-electron chi connectivity index (χ4n) is 2.58. The summed E-state index contributed by atoms with van der Waals surface area (Å²) < 4.78 is 0. The quantitative estimate of drug-likeness (QED) is 0.900. The van der Waals surface area contributed by atoms with Crippen LogP contribution in [0, 0.1) is 0 Å². The zero-order chi connectivity index (χ0) is 14.8. The Labute approximate surface area is 125 Å². The number of nitrogens with one attached hydrogen (secondary N) is 1. The molecule has 1 fully saturated rings. The van der Waals surface area contributed by atoms with Gasteiger partial charge in [-0.25, -0.2) is 0 Å². The summed E-state index contributed by atoms with van der Waals surface area (Å²) in [7, 11) is 0. The van der Waals surface area contributed by atoms with Gasteiger partial charge in [0.2, 0.25) is 5.91 Å². The highest BCUT2D eigenvalue weighted by Gasteiger charge is 2.32. The number of halogens is 1. The Morgan fingerprint density at radius 2 is 1.75 bits per heavy atom. The summed E-state index contributed by atoms with van der Waals surface area (Å²) in [5.74, 6) is 0.0289. The Hall–Kier alpha value is -1.06. The zero-order valence-corrected chi connectivity index (χ0v) is 12.8. The average molecular weight is 296 g/mol. The van der Waals surface area contributed by atoms with Crippen LogP contribution in [0.5, 0.6) is 0 Å². The number of benzene rings is 1. The van der Waals surface area contributed by atoms with Gasteiger partial charge in [0, 0.05) is 11.1 Å². The fraction of sp³-hybridized carbons (Fsp3) is 0.562. The molecule has 1 amide bonds. The van der Waals surface area contributed by atoms with Crippen molar-refractivity contribution >= 4 is 17.5 Å². The second-order valence-electron chi connectivity index (χ2n) is 6.11. The van der Waals surface area contributed by atoms with Crippen LogP contribution in [-0.4, -0.2) is 23.2 Å². The van der Waals surface area contributed by atoms with E-state index in [4.69, 9.17) is 11.6 Å².